The maximum Gasteiger partial charge on any atom is 0.170 e. The molecule has 26 heavy (non-hydrogen) atoms. The number of aromatic nitrogens is 1. The Kier molecular flexibility index (Phi) is 4.76. The Balaban J connectivity index is 1.59. The summed E-state index contributed by atoms with van der Waals surface area (Å²) < 4.78 is 2.33. The van der Waals surface area contributed by atoms with E-state index in [2.05, 4.69) is 88.6 Å². The van der Waals surface area contributed by atoms with Gasteiger partial charge in [-0.05, 0) is 42.4 Å². The van der Waals surface area contributed by atoms with Crippen LogP contribution in [0.3, 0.4) is 0 Å². The summed E-state index contributed by atoms with van der Waals surface area (Å²) in [4.78, 5) is 2.32. The Bertz CT molecular complexity index is 883. The summed E-state index contributed by atoms with van der Waals surface area (Å²) in [6.45, 7) is 4.73. The number of thiocarbonyl (C=S) groups is 1. The molecule has 4 rings (SSSR count). The lowest BCUT2D eigenvalue weighted by atomic mass is 9.99. The minimum atomic E-state index is 0.148. The van der Waals surface area contributed by atoms with Crippen molar-refractivity contribution in [2.75, 3.05) is 6.54 Å². The van der Waals surface area contributed by atoms with Crippen LogP contribution in [0.2, 0.25) is 0 Å². The second-order valence-corrected chi connectivity index (χ2v) is 7.16. The molecular formula is C22H23N3S. The molecule has 0 aliphatic carbocycles. The molecule has 0 amide bonds. The molecule has 3 aromatic rings. The summed E-state index contributed by atoms with van der Waals surface area (Å²) in [7, 11) is 0. The van der Waals surface area contributed by atoms with Crippen molar-refractivity contribution >= 4 is 17.3 Å². The number of rotatable bonds is 3. The van der Waals surface area contributed by atoms with Crippen LogP contribution in [0.4, 0.5) is 0 Å². The van der Waals surface area contributed by atoms with Crippen LogP contribution in [-0.4, -0.2) is 21.1 Å². The molecule has 1 unspecified atom stereocenters. The third-order valence-corrected chi connectivity index (χ3v) is 5.36. The lowest BCUT2D eigenvalue weighted by molar-refractivity contribution is 0.286. The predicted molar refractivity (Wildman–Crippen MR) is 110 cm³/mol. The summed E-state index contributed by atoms with van der Waals surface area (Å²) in [5.41, 5.74) is 5.08. The number of fused-ring (bicyclic) bond motifs is 1. The van der Waals surface area contributed by atoms with E-state index in [9.17, 15) is 0 Å². The van der Waals surface area contributed by atoms with Crippen molar-refractivity contribution < 1.29 is 0 Å². The van der Waals surface area contributed by atoms with Crippen molar-refractivity contribution in [3.8, 4) is 0 Å². The van der Waals surface area contributed by atoms with Crippen molar-refractivity contribution in [3.63, 3.8) is 0 Å². The number of aryl methyl sites for hydroxylation is 1. The van der Waals surface area contributed by atoms with Crippen LogP contribution < -0.4 is 5.32 Å². The van der Waals surface area contributed by atoms with E-state index in [-0.39, 0.29) is 6.04 Å². The standard InChI is InChI=1S/C22H23N3S/c1-17-9-11-19(12-10-17)21-20-8-5-13-24(20)14-15-25(21)22(26)23-16-18-6-3-2-4-7-18/h2-13,21H,14-16H2,1H3,(H,23,26). The van der Waals surface area contributed by atoms with Gasteiger partial charge >= 0.3 is 0 Å². The minimum Gasteiger partial charge on any atom is -0.358 e. The fourth-order valence-electron chi connectivity index (χ4n) is 3.58. The average Bonchev–Trinajstić information content (AvgIpc) is 3.16. The summed E-state index contributed by atoms with van der Waals surface area (Å²) in [6.07, 6.45) is 2.16. The number of nitrogens with zero attached hydrogens (tertiary/aromatic N) is 2. The molecule has 1 atom stereocenters. The first-order valence-corrected chi connectivity index (χ1v) is 9.43. The summed E-state index contributed by atoms with van der Waals surface area (Å²) in [6, 6.07) is 23.7. The molecule has 3 nitrogen and oxygen atoms in total. The molecule has 0 saturated heterocycles. The quantitative estimate of drug-likeness (QED) is 0.703. The van der Waals surface area contributed by atoms with Crippen LogP contribution in [0.25, 0.3) is 0 Å². The second kappa shape index (κ2) is 7.34. The smallest absolute Gasteiger partial charge is 0.170 e. The zero-order valence-corrected chi connectivity index (χ0v) is 15.7. The van der Waals surface area contributed by atoms with Gasteiger partial charge in [0.2, 0.25) is 0 Å². The number of benzene rings is 2. The summed E-state index contributed by atoms with van der Waals surface area (Å²) in [5, 5.41) is 4.26. The van der Waals surface area contributed by atoms with Gasteiger partial charge in [-0.25, -0.2) is 0 Å². The topological polar surface area (TPSA) is 20.2 Å². The number of nitrogens with one attached hydrogen (secondary N) is 1. The van der Waals surface area contributed by atoms with Gasteiger partial charge in [0, 0.05) is 31.5 Å². The highest BCUT2D eigenvalue weighted by molar-refractivity contribution is 7.80. The highest BCUT2D eigenvalue weighted by Crippen LogP contribution is 2.32. The maximum atomic E-state index is 5.78. The highest BCUT2D eigenvalue weighted by Gasteiger charge is 2.30. The van der Waals surface area contributed by atoms with Gasteiger partial charge in [-0.1, -0.05) is 60.2 Å². The molecule has 1 N–H and O–H groups in total. The molecule has 0 radical (unpaired) electrons. The van der Waals surface area contributed by atoms with E-state index in [1.54, 1.807) is 0 Å². The highest BCUT2D eigenvalue weighted by atomic mass is 32.1. The van der Waals surface area contributed by atoms with Crippen molar-refractivity contribution in [2.24, 2.45) is 0 Å². The lowest BCUT2D eigenvalue weighted by Crippen LogP contribution is -2.46. The molecule has 0 fully saturated rings. The first kappa shape index (κ1) is 16.9. The van der Waals surface area contributed by atoms with E-state index in [1.807, 2.05) is 6.07 Å². The molecule has 2 heterocycles. The van der Waals surface area contributed by atoms with Crippen molar-refractivity contribution in [2.45, 2.75) is 26.1 Å². The van der Waals surface area contributed by atoms with Crippen LogP contribution in [0.1, 0.15) is 28.4 Å². The Morgan fingerprint density at radius 3 is 2.54 bits per heavy atom. The van der Waals surface area contributed by atoms with Gasteiger partial charge < -0.3 is 14.8 Å². The van der Waals surface area contributed by atoms with Crippen molar-refractivity contribution in [1.82, 2.24) is 14.8 Å². The number of hydrogen-bond acceptors (Lipinski definition) is 1. The third-order valence-electron chi connectivity index (χ3n) is 4.98. The van der Waals surface area contributed by atoms with E-state index < -0.39 is 0 Å². The van der Waals surface area contributed by atoms with Gasteiger partial charge in [0.15, 0.2) is 5.11 Å². The van der Waals surface area contributed by atoms with Gasteiger partial charge in [-0.15, -0.1) is 0 Å². The minimum absolute atomic E-state index is 0.148. The Labute approximate surface area is 160 Å². The van der Waals surface area contributed by atoms with E-state index in [0.717, 1.165) is 24.7 Å². The van der Waals surface area contributed by atoms with E-state index in [0.29, 0.717) is 0 Å². The van der Waals surface area contributed by atoms with Crippen molar-refractivity contribution in [3.05, 3.63) is 95.3 Å². The van der Waals surface area contributed by atoms with E-state index in [4.69, 9.17) is 12.2 Å². The molecule has 2 aromatic carbocycles. The summed E-state index contributed by atoms with van der Waals surface area (Å²) in [5.74, 6) is 0. The second-order valence-electron chi connectivity index (χ2n) is 6.78. The number of hydrogen-bond donors (Lipinski definition) is 1. The first-order valence-electron chi connectivity index (χ1n) is 9.02. The molecule has 1 aliphatic heterocycles. The zero-order valence-electron chi connectivity index (χ0n) is 14.9. The Morgan fingerprint density at radius 1 is 1.00 bits per heavy atom. The van der Waals surface area contributed by atoms with E-state index in [1.165, 1.54) is 22.4 Å². The molecule has 4 heteroatoms. The fraction of sp³-hybridized carbons (Fsp3) is 0.227. The molecule has 132 valence electrons. The van der Waals surface area contributed by atoms with Gasteiger partial charge in [-0.3, -0.25) is 0 Å². The molecular weight excluding hydrogens is 338 g/mol. The summed E-state index contributed by atoms with van der Waals surface area (Å²) >= 11 is 5.78. The molecule has 1 aromatic heterocycles. The van der Waals surface area contributed by atoms with Gasteiger partial charge in [0.1, 0.15) is 0 Å². The maximum absolute atomic E-state index is 5.78. The molecule has 0 saturated carbocycles. The molecule has 0 spiro atoms. The van der Waals surface area contributed by atoms with E-state index >= 15 is 0 Å². The Morgan fingerprint density at radius 2 is 1.77 bits per heavy atom. The third kappa shape index (κ3) is 3.37. The van der Waals surface area contributed by atoms with Crippen LogP contribution in [0.5, 0.6) is 0 Å². The largest absolute Gasteiger partial charge is 0.358 e. The van der Waals surface area contributed by atoms with Crippen LogP contribution in [0, 0.1) is 6.92 Å². The first-order chi connectivity index (χ1) is 12.7. The lowest BCUT2D eigenvalue weighted by Gasteiger charge is -2.39. The van der Waals surface area contributed by atoms with Gasteiger partial charge in [-0.2, -0.15) is 0 Å². The zero-order chi connectivity index (χ0) is 17.9. The Hall–Kier alpha value is -2.59. The fourth-order valence-corrected chi connectivity index (χ4v) is 3.85. The molecule has 0 bridgehead atoms. The molecule has 1 aliphatic rings. The van der Waals surface area contributed by atoms with Crippen LogP contribution in [0.15, 0.2) is 72.9 Å². The normalized spacial score (nSPS) is 16.2. The van der Waals surface area contributed by atoms with Crippen molar-refractivity contribution in [1.29, 1.82) is 0 Å². The average molecular weight is 362 g/mol. The van der Waals surface area contributed by atoms with Crippen LogP contribution in [-0.2, 0) is 13.1 Å². The monoisotopic (exact) mass is 361 g/mol. The van der Waals surface area contributed by atoms with Gasteiger partial charge in [0.05, 0.1) is 6.04 Å². The van der Waals surface area contributed by atoms with Gasteiger partial charge in [0.25, 0.3) is 0 Å². The van der Waals surface area contributed by atoms with Crippen LogP contribution >= 0.6 is 12.2 Å². The SMILES string of the molecule is Cc1ccc(C2c3cccn3CCN2C(=S)NCc2ccccc2)cc1. The predicted octanol–water partition coefficient (Wildman–Crippen LogP) is 4.28.